The van der Waals surface area contributed by atoms with Gasteiger partial charge in [0.15, 0.2) is 0 Å². The highest BCUT2D eigenvalue weighted by molar-refractivity contribution is 6.14. The van der Waals surface area contributed by atoms with E-state index in [0.717, 1.165) is 28.3 Å². The van der Waals surface area contributed by atoms with Crippen LogP contribution in [-0.4, -0.2) is 28.9 Å². The number of rotatable bonds is 4. The summed E-state index contributed by atoms with van der Waals surface area (Å²) in [6.07, 6.45) is 3.92. The lowest BCUT2D eigenvalue weighted by molar-refractivity contribution is -0.123. The summed E-state index contributed by atoms with van der Waals surface area (Å²) in [7, 11) is 0. The van der Waals surface area contributed by atoms with Gasteiger partial charge in [-0.1, -0.05) is 30.3 Å². The maximum Gasteiger partial charge on any atom is 0.329 e. The van der Waals surface area contributed by atoms with E-state index in [2.05, 4.69) is 50.1 Å². The van der Waals surface area contributed by atoms with E-state index in [1.54, 1.807) is 24.3 Å². The lowest BCUT2D eigenvalue weighted by Crippen LogP contribution is -2.44. The maximum atomic E-state index is 14.0. The van der Waals surface area contributed by atoms with Crippen molar-refractivity contribution in [2.45, 2.75) is 39.8 Å². The summed E-state index contributed by atoms with van der Waals surface area (Å²) in [6.45, 7) is 9.37. The number of hydrogen-bond acceptors (Lipinski definition) is 3. The van der Waals surface area contributed by atoms with Gasteiger partial charge in [-0.15, -0.1) is 0 Å². The Labute approximate surface area is 181 Å². The van der Waals surface area contributed by atoms with Gasteiger partial charge in [0.1, 0.15) is 11.5 Å². The van der Waals surface area contributed by atoms with Gasteiger partial charge in [0.2, 0.25) is 0 Å². The molecule has 2 heterocycles. The molecule has 2 aliphatic rings. The van der Waals surface area contributed by atoms with E-state index < -0.39 is 17.8 Å². The van der Waals surface area contributed by atoms with Crippen LogP contribution in [0.3, 0.4) is 0 Å². The fourth-order valence-corrected chi connectivity index (χ4v) is 4.45. The van der Waals surface area contributed by atoms with E-state index in [1.807, 2.05) is 12.1 Å². The lowest BCUT2D eigenvalue weighted by atomic mass is 9.88. The van der Waals surface area contributed by atoms with E-state index in [1.165, 1.54) is 11.6 Å². The predicted octanol–water partition coefficient (Wildman–Crippen LogP) is 4.94. The molecule has 1 saturated heterocycles. The van der Waals surface area contributed by atoms with Crippen LogP contribution in [0.15, 0.2) is 54.2 Å². The number of anilines is 1. The van der Waals surface area contributed by atoms with Crippen molar-refractivity contribution in [3.05, 3.63) is 76.7 Å². The smallest absolute Gasteiger partial charge is 0.329 e. The van der Waals surface area contributed by atoms with E-state index >= 15 is 0 Å². The standard InChI is InChI=1S/C25H26FN3O2/c1-5-29-22-11-10-17(12-19(22)16(2)14-25(29,3)4)13-21-23(30)28(24(31)27-21)15-18-8-6-7-9-20(18)26/h6-14H,5,15H2,1-4H3,(H,27,31)/b21-13+. The van der Waals surface area contributed by atoms with Gasteiger partial charge in [0.05, 0.1) is 12.1 Å². The van der Waals surface area contributed by atoms with Gasteiger partial charge in [-0.3, -0.25) is 9.69 Å². The van der Waals surface area contributed by atoms with E-state index in [4.69, 9.17) is 0 Å². The highest BCUT2D eigenvalue weighted by Gasteiger charge is 2.34. The van der Waals surface area contributed by atoms with Crippen molar-refractivity contribution in [2.24, 2.45) is 0 Å². The number of allylic oxidation sites excluding steroid dienone is 1. The monoisotopic (exact) mass is 419 g/mol. The minimum Gasteiger partial charge on any atom is -0.363 e. The molecule has 4 rings (SSSR count). The molecule has 0 aromatic heterocycles. The summed E-state index contributed by atoms with van der Waals surface area (Å²) in [6, 6.07) is 11.6. The number of urea groups is 1. The number of nitrogens with one attached hydrogen (secondary N) is 1. The number of halogens is 1. The number of carbonyl (C=O) groups is 2. The zero-order valence-corrected chi connectivity index (χ0v) is 18.2. The second-order valence-corrected chi connectivity index (χ2v) is 8.47. The van der Waals surface area contributed by atoms with Crippen LogP contribution >= 0.6 is 0 Å². The Morgan fingerprint density at radius 3 is 2.58 bits per heavy atom. The molecule has 2 aliphatic heterocycles. The van der Waals surface area contributed by atoms with E-state index in [9.17, 15) is 14.0 Å². The number of imide groups is 1. The summed E-state index contributed by atoms with van der Waals surface area (Å²) < 4.78 is 14.0. The Morgan fingerprint density at radius 1 is 1.13 bits per heavy atom. The van der Waals surface area contributed by atoms with Gasteiger partial charge in [0, 0.05) is 23.4 Å². The predicted molar refractivity (Wildman–Crippen MR) is 121 cm³/mol. The first kappa shape index (κ1) is 20.8. The molecule has 0 radical (unpaired) electrons. The molecule has 0 unspecified atom stereocenters. The van der Waals surface area contributed by atoms with Crippen LogP contribution in [0.5, 0.6) is 0 Å². The summed E-state index contributed by atoms with van der Waals surface area (Å²) >= 11 is 0. The molecule has 2 aromatic rings. The van der Waals surface area contributed by atoms with Crippen molar-refractivity contribution in [1.82, 2.24) is 10.2 Å². The Bertz CT molecular complexity index is 1130. The highest BCUT2D eigenvalue weighted by Crippen LogP contribution is 2.39. The molecule has 0 aliphatic carbocycles. The third kappa shape index (κ3) is 3.74. The zero-order valence-electron chi connectivity index (χ0n) is 18.2. The fraction of sp³-hybridized carbons (Fsp3) is 0.280. The summed E-state index contributed by atoms with van der Waals surface area (Å²) in [5.74, 6) is -0.907. The Kier molecular flexibility index (Phi) is 5.17. The molecule has 31 heavy (non-hydrogen) atoms. The van der Waals surface area contributed by atoms with Crippen molar-refractivity contribution < 1.29 is 14.0 Å². The first-order valence-corrected chi connectivity index (χ1v) is 10.4. The molecule has 6 heteroatoms. The van der Waals surface area contributed by atoms with E-state index in [-0.39, 0.29) is 17.8 Å². The number of amides is 3. The second-order valence-electron chi connectivity index (χ2n) is 8.47. The molecular formula is C25H26FN3O2. The summed E-state index contributed by atoms with van der Waals surface area (Å²) in [5.41, 5.74) is 4.66. The SMILES string of the molecule is CCN1c2ccc(/C=C3/NC(=O)N(Cc4ccccc4F)C3=O)cc2C(C)=CC1(C)C. The summed E-state index contributed by atoms with van der Waals surface area (Å²) in [5, 5.41) is 2.62. The molecule has 1 fully saturated rings. The molecule has 0 atom stereocenters. The Morgan fingerprint density at radius 2 is 1.87 bits per heavy atom. The van der Waals surface area contributed by atoms with Gasteiger partial charge < -0.3 is 10.2 Å². The molecule has 5 nitrogen and oxygen atoms in total. The van der Waals surface area contributed by atoms with Crippen molar-refractivity contribution in [2.75, 3.05) is 11.4 Å². The number of fused-ring (bicyclic) bond motifs is 1. The van der Waals surface area contributed by atoms with Crippen LogP contribution in [-0.2, 0) is 11.3 Å². The van der Waals surface area contributed by atoms with Gasteiger partial charge in [-0.2, -0.15) is 0 Å². The first-order chi connectivity index (χ1) is 14.7. The zero-order chi connectivity index (χ0) is 22.3. The molecule has 0 bridgehead atoms. The average molecular weight is 420 g/mol. The van der Waals surface area contributed by atoms with Crippen molar-refractivity contribution in [1.29, 1.82) is 0 Å². The normalized spacial score (nSPS) is 18.9. The first-order valence-electron chi connectivity index (χ1n) is 10.4. The molecule has 0 saturated carbocycles. The largest absolute Gasteiger partial charge is 0.363 e. The highest BCUT2D eigenvalue weighted by atomic mass is 19.1. The Hall–Kier alpha value is -3.41. The number of likely N-dealkylation sites (N-methyl/N-ethyl adjacent to an activating group) is 1. The molecule has 160 valence electrons. The Balaban J connectivity index is 1.63. The number of nitrogens with zero attached hydrogens (tertiary/aromatic N) is 2. The van der Waals surface area contributed by atoms with Gasteiger partial charge >= 0.3 is 6.03 Å². The number of hydrogen-bond donors (Lipinski definition) is 1. The van der Waals surface area contributed by atoms with Crippen LogP contribution in [0.25, 0.3) is 11.6 Å². The summed E-state index contributed by atoms with van der Waals surface area (Å²) in [4.78, 5) is 28.5. The third-order valence-corrected chi connectivity index (χ3v) is 5.88. The van der Waals surface area contributed by atoms with Gasteiger partial charge in [-0.25, -0.2) is 9.18 Å². The number of benzene rings is 2. The average Bonchev–Trinajstić information content (AvgIpc) is 2.97. The maximum absolute atomic E-state index is 14.0. The van der Waals surface area contributed by atoms with Crippen LogP contribution in [0.1, 0.15) is 44.4 Å². The van der Waals surface area contributed by atoms with Crippen LogP contribution < -0.4 is 10.2 Å². The van der Waals surface area contributed by atoms with Crippen molar-refractivity contribution in [3.63, 3.8) is 0 Å². The van der Waals surface area contributed by atoms with Gasteiger partial charge in [0.25, 0.3) is 5.91 Å². The quantitative estimate of drug-likeness (QED) is 0.564. The minimum absolute atomic E-state index is 0.0750. The van der Waals surface area contributed by atoms with E-state index in [0.29, 0.717) is 5.56 Å². The third-order valence-electron chi connectivity index (χ3n) is 5.88. The van der Waals surface area contributed by atoms with Crippen LogP contribution in [0.4, 0.5) is 14.9 Å². The van der Waals surface area contributed by atoms with Crippen LogP contribution in [0.2, 0.25) is 0 Å². The second kappa shape index (κ2) is 7.69. The minimum atomic E-state index is -0.549. The van der Waals surface area contributed by atoms with Crippen LogP contribution in [0, 0.1) is 5.82 Å². The number of carbonyl (C=O) groups excluding carboxylic acids is 2. The van der Waals surface area contributed by atoms with Gasteiger partial charge in [-0.05, 0) is 63.1 Å². The van der Waals surface area contributed by atoms with Crippen molar-refractivity contribution >= 4 is 29.3 Å². The molecule has 2 aromatic carbocycles. The van der Waals surface area contributed by atoms with Crippen molar-refractivity contribution in [3.8, 4) is 0 Å². The fourth-order valence-electron chi connectivity index (χ4n) is 4.45. The topological polar surface area (TPSA) is 52.7 Å². The lowest BCUT2D eigenvalue weighted by Gasteiger charge is -2.42. The molecule has 3 amide bonds. The molecule has 1 N–H and O–H groups in total. The molecule has 0 spiro atoms. The molecular weight excluding hydrogens is 393 g/mol.